The first-order valence-electron chi connectivity index (χ1n) is 8.32. The van der Waals surface area contributed by atoms with E-state index in [0.29, 0.717) is 32.4 Å². The Balaban J connectivity index is 2.57. The number of rotatable bonds is 3. The highest BCUT2D eigenvalue weighted by Gasteiger charge is 2.39. The molecule has 0 radical (unpaired) electrons. The molecular weight excluding hydrogens is 296 g/mol. The highest BCUT2D eigenvalue weighted by molar-refractivity contribution is 5.98. The zero-order valence-corrected chi connectivity index (χ0v) is 15.2. The Kier molecular flexibility index (Phi) is 6.19. The van der Waals surface area contributed by atoms with Crippen LogP contribution in [0.2, 0.25) is 0 Å². The number of carbonyl (C=O) groups excluding carboxylic acids is 3. The standard InChI is InChI=1S/C17H30N2O4/c1-7-12(2)13(20)18-14(21)17(6)8-10-19(11-9-17)15(22)23-16(3,4)5/h12H,7-11H2,1-6H3,(H,18,20,21). The average molecular weight is 326 g/mol. The normalized spacial score (nSPS) is 19.0. The molecule has 23 heavy (non-hydrogen) atoms. The van der Waals surface area contributed by atoms with Gasteiger partial charge in [0.15, 0.2) is 0 Å². The van der Waals surface area contributed by atoms with Gasteiger partial charge in [-0.25, -0.2) is 4.79 Å². The van der Waals surface area contributed by atoms with Crippen LogP contribution in [0.5, 0.6) is 0 Å². The Morgan fingerprint density at radius 2 is 1.74 bits per heavy atom. The number of carbonyl (C=O) groups is 3. The summed E-state index contributed by atoms with van der Waals surface area (Å²) in [6, 6.07) is 0. The first-order chi connectivity index (χ1) is 10.5. The van der Waals surface area contributed by atoms with Crippen LogP contribution >= 0.6 is 0 Å². The second-order valence-corrected chi connectivity index (χ2v) is 7.66. The molecule has 6 heteroatoms. The first kappa shape index (κ1) is 19.5. The summed E-state index contributed by atoms with van der Waals surface area (Å²) in [5.74, 6) is -0.649. The molecule has 0 aliphatic carbocycles. The number of piperidine rings is 1. The molecule has 1 heterocycles. The van der Waals surface area contributed by atoms with E-state index in [1.807, 2.05) is 34.6 Å². The smallest absolute Gasteiger partial charge is 0.410 e. The molecule has 1 N–H and O–H groups in total. The number of hydrogen-bond donors (Lipinski definition) is 1. The maximum absolute atomic E-state index is 12.4. The highest BCUT2D eigenvalue weighted by Crippen LogP contribution is 2.31. The lowest BCUT2D eigenvalue weighted by Gasteiger charge is -2.38. The lowest BCUT2D eigenvalue weighted by atomic mass is 9.79. The Hall–Kier alpha value is -1.59. The van der Waals surface area contributed by atoms with Crippen LogP contribution in [0.4, 0.5) is 4.79 Å². The maximum atomic E-state index is 12.4. The van der Waals surface area contributed by atoms with Crippen molar-refractivity contribution in [1.29, 1.82) is 0 Å². The summed E-state index contributed by atoms with van der Waals surface area (Å²) in [7, 11) is 0. The zero-order valence-electron chi connectivity index (χ0n) is 15.2. The molecule has 0 aromatic carbocycles. The third kappa shape index (κ3) is 5.52. The van der Waals surface area contributed by atoms with Crippen LogP contribution in [0.25, 0.3) is 0 Å². The number of ether oxygens (including phenoxy) is 1. The predicted octanol–water partition coefficient (Wildman–Crippen LogP) is 2.71. The fourth-order valence-corrected chi connectivity index (χ4v) is 2.31. The van der Waals surface area contributed by atoms with E-state index in [1.165, 1.54) is 0 Å². The molecule has 1 aliphatic heterocycles. The second-order valence-electron chi connectivity index (χ2n) is 7.66. The zero-order chi connectivity index (χ0) is 17.8. The van der Waals surface area contributed by atoms with Gasteiger partial charge in [0.1, 0.15) is 5.60 Å². The minimum absolute atomic E-state index is 0.176. The molecule has 0 bridgehead atoms. The van der Waals surface area contributed by atoms with Gasteiger partial charge in [0.25, 0.3) is 0 Å². The fraction of sp³-hybridized carbons (Fsp3) is 0.824. The first-order valence-corrected chi connectivity index (χ1v) is 8.32. The number of hydrogen-bond acceptors (Lipinski definition) is 4. The van der Waals surface area contributed by atoms with Gasteiger partial charge in [-0.15, -0.1) is 0 Å². The van der Waals surface area contributed by atoms with Crippen LogP contribution in [0.1, 0.15) is 60.8 Å². The minimum Gasteiger partial charge on any atom is -0.444 e. The average Bonchev–Trinajstić information content (AvgIpc) is 2.45. The van der Waals surface area contributed by atoms with Gasteiger partial charge in [0.05, 0.1) is 5.41 Å². The van der Waals surface area contributed by atoms with Crippen molar-refractivity contribution in [1.82, 2.24) is 10.2 Å². The van der Waals surface area contributed by atoms with Gasteiger partial charge in [-0.2, -0.15) is 0 Å². The van der Waals surface area contributed by atoms with Crippen molar-refractivity contribution in [2.24, 2.45) is 11.3 Å². The van der Waals surface area contributed by atoms with Crippen molar-refractivity contribution in [3.05, 3.63) is 0 Å². The van der Waals surface area contributed by atoms with Crippen LogP contribution in [0.15, 0.2) is 0 Å². The molecule has 1 rings (SSSR count). The highest BCUT2D eigenvalue weighted by atomic mass is 16.6. The lowest BCUT2D eigenvalue weighted by molar-refractivity contribution is -0.139. The monoisotopic (exact) mass is 326 g/mol. The summed E-state index contributed by atoms with van der Waals surface area (Å²) in [5, 5.41) is 2.51. The van der Waals surface area contributed by atoms with E-state index in [9.17, 15) is 14.4 Å². The van der Waals surface area contributed by atoms with E-state index < -0.39 is 11.0 Å². The van der Waals surface area contributed by atoms with Crippen LogP contribution < -0.4 is 5.32 Å². The molecule has 1 aliphatic rings. The van der Waals surface area contributed by atoms with Crippen molar-refractivity contribution in [2.45, 2.75) is 66.4 Å². The molecule has 1 atom stereocenters. The Labute approximate surface area is 138 Å². The summed E-state index contributed by atoms with van der Waals surface area (Å²) in [4.78, 5) is 37.9. The lowest BCUT2D eigenvalue weighted by Crippen LogP contribution is -2.51. The number of nitrogens with one attached hydrogen (secondary N) is 1. The number of likely N-dealkylation sites (tertiary alicyclic amines) is 1. The Bertz CT molecular complexity index is 460. The number of nitrogens with zero attached hydrogens (tertiary/aromatic N) is 1. The molecule has 1 saturated heterocycles. The Morgan fingerprint density at radius 1 is 1.22 bits per heavy atom. The summed E-state index contributed by atoms with van der Waals surface area (Å²) in [6.07, 6.45) is 1.38. The van der Waals surface area contributed by atoms with Crippen LogP contribution in [-0.2, 0) is 14.3 Å². The summed E-state index contributed by atoms with van der Waals surface area (Å²) in [6.45, 7) is 11.9. The fourth-order valence-electron chi connectivity index (χ4n) is 2.31. The van der Waals surface area contributed by atoms with Crippen molar-refractivity contribution < 1.29 is 19.1 Å². The molecular formula is C17H30N2O4. The van der Waals surface area contributed by atoms with E-state index in [2.05, 4.69) is 5.32 Å². The van der Waals surface area contributed by atoms with Crippen molar-refractivity contribution >= 4 is 17.9 Å². The van der Waals surface area contributed by atoms with Gasteiger partial charge < -0.3 is 9.64 Å². The maximum Gasteiger partial charge on any atom is 0.410 e. The van der Waals surface area contributed by atoms with E-state index in [1.54, 1.807) is 11.8 Å². The van der Waals surface area contributed by atoms with Crippen molar-refractivity contribution in [3.8, 4) is 0 Å². The molecule has 0 aromatic heterocycles. The van der Waals surface area contributed by atoms with E-state index >= 15 is 0 Å². The third-order valence-corrected chi connectivity index (χ3v) is 4.36. The summed E-state index contributed by atoms with van der Waals surface area (Å²) >= 11 is 0. The summed E-state index contributed by atoms with van der Waals surface area (Å²) < 4.78 is 5.35. The van der Waals surface area contributed by atoms with Gasteiger partial charge in [0.2, 0.25) is 11.8 Å². The number of amides is 3. The quantitative estimate of drug-likeness (QED) is 0.865. The van der Waals surface area contributed by atoms with Crippen LogP contribution in [0.3, 0.4) is 0 Å². The van der Waals surface area contributed by atoms with Crippen LogP contribution in [-0.4, -0.2) is 41.5 Å². The van der Waals surface area contributed by atoms with Gasteiger partial charge in [-0.3, -0.25) is 14.9 Å². The Morgan fingerprint density at radius 3 is 2.17 bits per heavy atom. The van der Waals surface area contributed by atoms with Gasteiger partial charge >= 0.3 is 6.09 Å². The molecule has 0 saturated carbocycles. The molecule has 132 valence electrons. The van der Waals surface area contributed by atoms with E-state index in [-0.39, 0.29) is 23.8 Å². The van der Waals surface area contributed by atoms with Crippen LogP contribution in [0, 0.1) is 11.3 Å². The van der Waals surface area contributed by atoms with E-state index in [4.69, 9.17) is 4.74 Å². The number of imide groups is 1. The molecule has 3 amide bonds. The summed E-state index contributed by atoms with van der Waals surface area (Å²) in [5.41, 5.74) is -1.15. The largest absolute Gasteiger partial charge is 0.444 e. The van der Waals surface area contributed by atoms with Gasteiger partial charge in [-0.1, -0.05) is 20.8 Å². The van der Waals surface area contributed by atoms with Gasteiger partial charge in [-0.05, 0) is 40.0 Å². The second kappa shape index (κ2) is 7.32. The molecule has 6 nitrogen and oxygen atoms in total. The van der Waals surface area contributed by atoms with Crippen molar-refractivity contribution in [2.75, 3.05) is 13.1 Å². The van der Waals surface area contributed by atoms with Crippen molar-refractivity contribution in [3.63, 3.8) is 0 Å². The molecule has 0 aromatic rings. The molecule has 0 spiro atoms. The third-order valence-electron chi connectivity index (χ3n) is 4.36. The SMILES string of the molecule is CCC(C)C(=O)NC(=O)C1(C)CCN(C(=O)OC(C)(C)C)CC1. The minimum atomic E-state index is -0.623. The predicted molar refractivity (Wildman–Crippen MR) is 87.8 cm³/mol. The molecule has 1 fully saturated rings. The molecule has 1 unspecified atom stereocenters. The van der Waals surface area contributed by atoms with Gasteiger partial charge in [0, 0.05) is 19.0 Å². The topological polar surface area (TPSA) is 75.7 Å². The van der Waals surface area contributed by atoms with E-state index in [0.717, 1.165) is 0 Å².